The third kappa shape index (κ3) is 3.94. The van der Waals surface area contributed by atoms with Crippen molar-refractivity contribution in [2.45, 2.75) is 31.2 Å². The summed E-state index contributed by atoms with van der Waals surface area (Å²) in [7, 11) is -3.76. The quantitative estimate of drug-likeness (QED) is 0.847. The normalized spacial score (nSPS) is 13.0. The van der Waals surface area contributed by atoms with Crippen molar-refractivity contribution in [2.75, 3.05) is 0 Å². The number of hydrogen-bond acceptors (Lipinski definition) is 4. The molecule has 0 spiro atoms. The maximum atomic E-state index is 12.5. The number of thiophene rings is 1. The smallest absolute Gasteiger partial charge is 0.335 e. The summed E-state index contributed by atoms with van der Waals surface area (Å²) in [5.41, 5.74) is 0.470. The fourth-order valence-electron chi connectivity index (χ4n) is 2.12. The SMILES string of the molecule is Cc1ccc(C(=O)O)cc1S(=O)(=O)NC(C)Cc1cccs1. The van der Waals surface area contributed by atoms with Crippen LogP contribution in [0.5, 0.6) is 0 Å². The number of rotatable bonds is 6. The summed E-state index contributed by atoms with van der Waals surface area (Å²) >= 11 is 1.57. The fourth-order valence-corrected chi connectivity index (χ4v) is 4.47. The van der Waals surface area contributed by atoms with Crippen molar-refractivity contribution in [3.63, 3.8) is 0 Å². The third-order valence-electron chi connectivity index (χ3n) is 3.17. The van der Waals surface area contributed by atoms with E-state index in [1.807, 2.05) is 17.5 Å². The Bertz CT molecular complexity index is 767. The van der Waals surface area contributed by atoms with E-state index in [9.17, 15) is 13.2 Å². The Morgan fingerprint density at radius 1 is 1.36 bits per heavy atom. The first-order valence-electron chi connectivity index (χ1n) is 6.68. The molecular weight excluding hydrogens is 322 g/mol. The van der Waals surface area contributed by atoms with Crippen LogP contribution >= 0.6 is 11.3 Å². The topological polar surface area (TPSA) is 83.5 Å². The van der Waals surface area contributed by atoms with Crippen LogP contribution in [-0.4, -0.2) is 25.5 Å². The summed E-state index contributed by atoms with van der Waals surface area (Å²) < 4.78 is 27.5. The molecular formula is C15H17NO4S2. The van der Waals surface area contributed by atoms with Gasteiger partial charge >= 0.3 is 5.97 Å². The van der Waals surface area contributed by atoms with Gasteiger partial charge in [0.05, 0.1) is 10.5 Å². The van der Waals surface area contributed by atoms with Crippen LogP contribution in [0, 0.1) is 6.92 Å². The Balaban J connectivity index is 2.22. The highest BCUT2D eigenvalue weighted by Gasteiger charge is 2.21. The van der Waals surface area contributed by atoms with Crippen LogP contribution < -0.4 is 4.72 Å². The molecule has 1 heterocycles. The maximum absolute atomic E-state index is 12.5. The van der Waals surface area contributed by atoms with Crippen LogP contribution in [0.4, 0.5) is 0 Å². The number of nitrogens with one attached hydrogen (secondary N) is 1. The summed E-state index contributed by atoms with van der Waals surface area (Å²) in [5, 5.41) is 10.9. The lowest BCUT2D eigenvalue weighted by molar-refractivity contribution is 0.0696. The maximum Gasteiger partial charge on any atom is 0.335 e. The molecule has 0 amide bonds. The number of carboxylic acids is 1. The Kier molecular flexibility index (Phi) is 5.00. The summed E-state index contributed by atoms with van der Waals surface area (Å²) in [5.74, 6) is -1.15. The molecule has 2 rings (SSSR count). The second-order valence-electron chi connectivity index (χ2n) is 5.09. The minimum Gasteiger partial charge on any atom is -0.478 e. The number of sulfonamides is 1. The van der Waals surface area contributed by atoms with Gasteiger partial charge in [-0.25, -0.2) is 17.9 Å². The monoisotopic (exact) mass is 339 g/mol. The van der Waals surface area contributed by atoms with Crippen molar-refractivity contribution in [1.82, 2.24) is 4.72 Å². The lowest BCUT2D eigenvalue weighted by Crippen LogP contribution is -2.34. The van der Waals surface area contributed by atoms with Gasteiger partial charge in [0.1, 0.15) is 0 Å². The number of aryl methyl sites for hydroxylation is 1. The van der Waals surface area contributed by atoms with Gasteiger partial charge in [-0.05, 0) is 49.4 Å². The first kappa shape index (κ1) is 16.7. The van der Waals surface area contributed by atoms with Crippen molar-refractivity contribution in [3.05, 3.63) is 51.7 Å². The average Bonchev–Trinajstić information content (AvgIpc) is 2.90. The molecule has 1 unspecified atom stereocenters. The van der Waals surface area contributed by atoms with Crippen LogP contribution in [0.15, 0.2) is 40.6 Å². The fraction of sp³-hybridized carbons (Fsp3) is 0.267. The van der Waals surface area contributed by atoms with E-state index in [0.717, 1.165) is 4.88 Å². The van der Waals surface area contributed by atoms with Crippen molar-refractivity contribution in [1.29, 1.82) is 0 Å². The minimum absolute atomic E-state index is 0.00503. The van der Waals surface area contributed by atoms with Crippen molar-refractivity contribution >= 4 is 27.3 Å². The lowest BCUT2D eigenvalue weighted by atomic mass is 10.1. The zero-order valence-electron chi connectivity index (χ0n) is 12.2. The van der Waals surface area contributed by atoms with Gasteiger partial charge in [-0.15, -0.1) is 11.3 Å². The standard InChI is InChI=1S/C15H17NO4S2/c1-10-5-6-12(15(17)18)9-14(10)22(19,20)16-11(2)8-13-4-3-7-21-13/h3-7,9,11,16H,8H2,1-2H3,(H,17,18). The highest BCUT2D eigenvalue weighted by molar-refractivity contribution is 7.89. The van der Waals surface area contributed by atoms with Gasteiger partial charge in [-0.1, -0.05) is 12.1 Å². The summed E-state index contributed by atoms with van der Waals surface area (Å²) in [4.78, 5) is 12.1. The van der Waals surface area contributed by atoms with Crippen molar-refractivity contribution in [2.24, 2.45) is 0 Å². The van der Waals surface area contributed by atoms with E-state index in [4.69, 9.17) is 5.11 Å². The van der Waals surface area contributed by atoms with E-state index in [2.05, 4.69) is 4.72 Å². The zero-order chi connectivity index (χ0) is 16.3. The Labute approximate surface area is 133 Å². The second kappa shape index (κ2) is 6.60. The lowest BCUT2D eigenvalue weighted by Gasteiger charge is -2.15. The number of benzene rings is 1. The highest BCUT2D eigenvalue weighted by Crippen LogP contribution is 2.18. The molecule has 0 aliphatic heterocycles. The molecule has 0 aliphatic rings. The minimum atomic E-state index is -3.76. The molecule has 2 aromatic rings. The number of hydrogen-bond donors (Lipinski definition) is 2. The van der Waals surface area contributed by atoms with Crippen LogP contribution in [0.1, 0.15) is 27.7 Å². The van der Waals surface area contributed by atoms with Gasteiger partial charge in [0, 0.05) is 10.9 Å². The van der Waals surface area contributed by atoms with E-state index in [0.29, 0.717) is 12.0 Å². The van der Waals surface area contributed by atoms with Gasteiger partial charge < -0.3 is 5.11 Å². The van der Waals surface area contributed by atoms with Crippen LogP contribution in [0.2, 0.25) is 0 Å². The number of aromatic carboxylic acids is 1. The molecule has 22 heavy (non-hydrogen) atoms. The second-order valence-corrected chi connectivity index (χ2v) is 7.81. The first-order valence-corrected chi connectivity index (χ1v) is 9.04. The summed E-state index contributed by atoms with van der Waals surface area (Å²) in [6, 6.07) is 7.68. The Hall–Kier alpha value is -1.70. The molecule has 0 radical (unpaired) electrons. The molecule has 1 aromatic heterocycles. The van der Waals surface area contributed by atoms with Crippen LogP contribution in [-0.2, 0) is 16.4 Å². The van der Waals surface area contributed by atoms with E-state index in [1.54, 1.807) is 25.2 Å². The molecule has 2 N–H and O–H groups in total. The van der Waals surface area contributed by atoms with Gasteiger partial charge in [-0.2, -0.15) is 0 Å². The van der Waals surface area contributed by atoms with E-state index >= 15 is 0 Å². The van der Waals surface area contributed by atoms with E-state index < -0.39 is 16.0 Å². The van der Waals surface area contributed by atoms with Crippen molar-refractivity contribution in [3.8, 4) is 0 Å². The Morgan fingerprint density at radius 2 is 2.09 bits per heavy atom. The van der Waals surface area contributed by atoms with E-state index in [1.165, 1.54) is 18.2 Å². The molecule has 5 nitrogen and oxygen atoms in total. The van der Waals surface area contributed by atoms with Crippen molar-refractivity contribution < 1.29 is 18.3 Å². The molecule has 1 aromatic carbocycles. The van der Waals surface area contributed by atoms with Gasteiger partial charge in [0.25, 0.3) is 0 Å². The van der Waals surface area contributed by atoms with Gasteiger partial charge in [-0.3, -0.25) is 0 Å². The van der Waals surface area contributed by atoms with Crippen LogP contribution in [0.25, 0.3) is 0 Å². The molecule has 0 saturated carbocycles. The molecule has 7 heteroatoms. The first-order chi connectivity index (χ1) is 10.3. The number of carbonyl (C=O) groups is 1. The molecule has 0 fully saturated rings. The highest BCUT2D eigenvalue weighted by atomic mass is 32.2. The van der Waals surface area contributed by atoms with E-state index in [-0.39, 0.29) is 16.5 Å². The summed E-state index contributed by atoms with van der Waals surface area (Å²) in [6.45, 7) is 3.43. The van der Waals surface area contributed by atoms with Gasteiger partial charge in [0.15, 0.2) is 0 Å². The predicted molar refractivity (Wildman–Crippen MR) is 85.9 cm³/mol. The summed E-state index contributed by atoms with van der Waals surface area (Å²) in [6.07, 6.45) is 0.592. The molecule has 0 aliphatic carbocycles. The third-order valence-corrected chi connectivity index (χ3v) is 5.80. The molecule has 0 saturated heterocycles. The molecule has 118 valence electrons. The zero-order valence-corrected chi connectivity index (χ0v) is 13.9. The molecule has 0 bridgehead atoms. The van der Waals surface area contributed by atoms with Crippen LogP contribution in [0.3, 0.4) is 0 Å². The Morgan fingerprint density at radius 3 is 2.68 bits per heavy atom. The largest absolute Gasteiger partial charge is 0.478 e. The predicted octanol–water partition coefficient (Wildman–Crippen LogP) is 2.66. The molecule has 1 atom stereocenters. The average molecular weight is 339 g/mol. The number of carboxylic acid groups (broad SMARTS) is 1. The van der Waals surface area contributed by atoms with Gasteiger partial charge in [0.2, 0.25) is 10.0 Å².